The van der Waals surface area contributed by atoms with Crippen molar-refractivity contribution < 1.29 is 4.79 Å². The molecule has 26 heavy (non-hydrogen) atoms. The molecule has 5 rings (SSSR count). The number of pyridine rings is 1. The van der Waals surface area contributed by atoms with E-state index >= 15 is 0 Å². The van der Waals surface area contributed by atoms with E-state index in [-0.39, 0.29) is 11.7 Å². The predicted molar refractivity (Wildman–Crippen MR) is 98.3 cm³/mol. The Hall–Kier alpha value is -2.87. The number of aryl methyl sites for hydroxylation is 3. The molecule has 0 bridgehead atoms. The van der Waals surface area contributed by atoms with E-state index in [1.54, 1.807) is 28.2 Å². The number of fused-ring (bicyclic) bond motifs is 5. The summed E-state index contributed by atoms with van der Waals surface area (Å²) in [5, 5.41) is 8.33. The molecule has 4 heterocycles. The number of carbonyl (C=O) groups is 1. The van der Waals surface area contributed by atoms with Crippen LogP contribution in [-0.4, -0.2) is 30.5 Å². The molecule has 130 valence electrons. The van der Waals surface area contributed by atoms with Gasteiger partial charge in [-0.3, -0.25) is 9.78 Å². The standard InChI is InChI=1S/C18H16N6OS/c1-10-21-18-14(12-3-2-4-13(12)26-18)16-22-15(23-24(10)16)17(25)20-9-11-5-7-19-8-6-11/h5-8H,2-4,9H2,1H3,(H,20,25). The van der Waals surface area contributed by atoms with E-state index in [0.717, 1.165) is 40.1 Å². The monoisotopic (exact) mass is 364 g/mol. The SMILES string of the molecule is Cc1nc2sc3c(c2c2nc(C(=O)NCc4ccncc4)nn12)CCC3. The molecule has 1 N–H and O–H groups in total. The van der Waals surface area contributed by atoms with Crippen LogP contribution in [0.1, 0.15) is 38.9 Å². The number of hydrogen-bond acceptors (Lipinski definition) is 6. The van der Waals surface area contributed by atoms with E-state index in [4.69, 9.17) is 0 Å². The highest BCUT2D eigenvalue weighted by Crippen LogP contribution is 2.38. The summed E-state index contributed by atoms with van der Waals surface area (Å²) in [5.41, 5.74) is 3.05. The summed E-state index contributed by atoms with van der Waals surface area (Å²) in [6.45, 7) is 2.31. The summed E-state index contributed by atoms with van der Waals surface area (Å²) in [6.07, 6.45) is 6.73. The third-order valence-corrected chi connectivity index (χ3v) is 5.89. The van der Waals surface area contributed by atoms with Crippen molar-refractivity contribution in [1.82, 2.24) is 29.9 Å². The van der Waals surface area contributed by atoms with Gasteiger partial charge >= 0.3 is 0 Å². The predicted octanol–water partition coefficient (Wildman–Crippen LogP) is 2.46. The van der Waals surface area contributed by atoms with Crippen LogP contribution in [0.15, 0.2) is 24.5 Å². The Morgan fingerprint density at radius 3 is 2.96 bits per heavy atom. The van der Waals surface area contributed by atoms with Crippen molar-refractivity contribution in [3.05, 3.63) is 52.2 Å². The highest BCUT2D eigenvalue weighted by atomic mass is 32.1. The smallest absolute Gasteiger partial charge is 0.291 e. The molecule has 4 aromatic heterocycles. The molecule has 0 aromatic carbocycles. The summed E-state index contributed by atoms with van der Waals surface area (Å²) in [7, 11) is 0. The average Bonchev–Trinajstić information content (AvgIpc) is 3.34. The van der Waals surface area contributed by atoms with E-state index in [9.17, 15) is 4.79 Å². The molecule has 0 spiro atoms. The van der Waals surface area contributed by atoms with Crippen LogP contribution in [0.2, 0.25) is 0 Å². The van der Waals surface area contributed by atoms with Gasteiger partial charge in [0, 0.05) is 23.8 Å². The molecule has 0 atom stereocenters. The maximum Gasteiger partial charge on any atom is 0.291 e. The van der Waals surface area contributed by atoms with Crippen molar-refractivity contribution in [2.75, 3.05) is 0 Å². The molecule has 0 fully saturated rings. The van der Waals surface area contributed by atoms with Crippen LogP contribution in [0, 0.1) is 6.92 Å². The first-order valence-corrected chi connectivity index (χ1v) is 9.37. The molecule has 0 saturated heterocycles. The van der Waals surface area contributed by atoms with Crippen LogP contribution in [0.5, 0.6) is 0 Å². The molecule has 0 radical (unpaired) electrons. The Balaban J connectivity index is 1.54. The lowest BCUT2D eigenvalue weighted by molar-refractivity contribution is 0.0940. The first kappa shape index (κ1) is 15.4. The van der Waals surface area contributed by atoms with Gasteiger partial charge in [0.2, 0.25) is 5.82 Å². The maximum absolute atomic E-state index is 12.5. The topological polar surface area (TPSA) is 85.1 Å². The van der Waals surface area contributed by atoms with Gasteiger partial charge in [-0.15, -0.1) is 16.4 Å². The Labute approximate surface area is 153 Å². The van der Waals surface area contributed by atoms with Gasteiger partial charge in [0.1, 0.15) is 10.7 Å². The minimum Gasteiger partial charge on any atom is -0.345 e. The quantitative estimate of drug-likeness (QED) is 0.604. The van der Waals surface area contributed by atoms with Crippen LogP contribution >= 0.6 is 11.3 Å². The highest BCUT2D eigenvalue weighted by Gasteiger charge is 2.24. The van der Waals surface area contributed by atoms with E-state index in [2.05, 4.69) is 25.4 Å². The molecule has 1 amide bonds. The molecule has 4 aromatic rings. The van der Waals surface area contributed by atoms with Gasteiger partial charge in [-0.2, -0.15) is 4.52 Å². The van der Waals surface area contributed by atoms with Crippen LogP contribution in [-0.2, 0) is 19.4 Å². The number of nitrogens with one attached hydrogen (secondary N) is 1. The van der Waals surface area contributed by atoms with E-state index in [0.29, 0.717) is 6.54 Å². The second-order valence-corrected chi connectivity index (χ2v) is 7.49. The van der Waals surface area contributed by atoms with Crippen LogP contribution in [0.3, 0.4) is 0 Å². The number of aromatic nitrogens is 5. The Morgan fingerprint density at radius 2 is 2.12 bits per heavy atom. The zero-order valence-electron chi connectivity index (χ0n) is 14.2. The molecule has 0 saturated carbocycles. The number of nitrogens with zero attached hydrogens (tertiary/aromatic N) is 5. The van der Waals surface area contributed by atoms with Gasteiger partial charge < -0.3 is 5.32 Å². The van der Waals surface area contributed by atoms with Crippen molar-refractivity contribution in [3.63, 3.8) is 0 Å². The summed E-state index contributed by atoms with van der Waals surface area (Å²) in [4.78, 5) is 28.1. The van der Waals surface area contributed by atoms with Crippen molar-refractivity contribution in [3.8, 4) is 0 Å². The van der Waals surface area contributed by atoms with Crippen molar-refractivity contribution >= 4 is 33.1 Å². The van der Waals surface area contributed by atoms with Crippen molar-refractivity contribution in [2.24, 2.45) is 0 Å². The fourth-order valence-electron chi connectivity index (χ4n) is 3.45. The van der Waals surface area contributed by atoms with Crippen molar-refractivity contribution in [1.29, 1.82) is 0 Å². The van der Waals surface area contributed by atoms with Gasteiger partial charge in [-0.25, -0.2) is 9.97 Å². The van der Waals surface area contributed by atoms with Gasteiger partial charge in [0.05, 0.1) is 5.39 Å². The number of carbonyl (C=O) groups excluding carboxylic acids is 1. The lowest BCUT2D eigenvalue weighted by Crippen LogP contribution is -2.24. The molecule has 1 aliphatic carbocycles. The average molecular weight is 364 g/mol. The Kier molecular flexibility index (Phi) is 3.46. The molecule has 8 heteroatoms. The lowest BCUT2D eigenvalue weighted by Gasteiger charge is -2.01. The number of hydrogen-bond donors (Lipinski definition) is 1. The number of rotatable bonds is 3. The zero-order valence-corrected chi connectivity index (χ0v) is 15.0. The molecule has 7 nitrogen and oxygen atoms in total. The summed E-state index contributed by atoms with van der Waals surface area (Å²) in [6, 6.07) is 3.73. The normalized spacial score (nSPS) is 13.4. The van der Waals surface area contributed by atoms with Crippen molar-refractivity contribution in [2.45, 2.75) is 32.7 Å². The number of amides is 1. The van der Waals surface area contributed by atoms with Crippen LogP contribution in [0.4, 0.5) is 0 Å². The van der Waals surface area contributed by atoms with E-state index < -0.39 is 0 Å². The number of thiophene rings is 1. The third-order valence-electron chi connectivity index (χ3n) is 4.71. The second-order valence-electron chi connectivity index (χ2n) is 6.41. The fourth-order valence-corrected chi connectivity index (χ4v) is 4.75. The summed E-state index contributed by atoms with van der Waals surface area (Å²) < 4.78 is 1.69. The second kappa shape index (κ2) is 5.84. The Bertz CT molecular complexity index is 1150. The molecular weight excluding hydrogens is 348 g/mol. The molecule has 0 aliphatic heterocycles. The first-order valence-electron chi connectivity index (χ1n) is 8.55. The van der Waals surface area contributed by atoms with E-state index in [1.807, 2.05) is 19.1 Å². The van der Waals surface area contributed by atoms with Gasteiger partial charge in [-0.05, 0) is 49.4 Å². The third kappa shape index (κ3) is 2.37. The summed E-state index contributed by atoms with van der Waals surface area (Å²) >= 11 is 1.74. The summed E-state index contributed by atoms with van der Waals surface area (Å²) in [5.74, 6) is 0.632. The van der Waals surface area contributed by atoms with E-state index in [1.165, 1.54) is 16.9 Å². The maximum atomic E-state index is 12.5. The largest absolute Gasteiger partial charge is 0.345 e. The first-order chi connectivity index (χ1) is 12.7. The highest BCUT2D eigenvalue weighted by molar-refractivity contribution is 7.19. The van der Waals surface area contributed by atoms with Crippen LogP contribution in [0.25, 0.3) is 15.9 Å². The van der Waals surface area contributed by atoms with Gasteiger partial charge in [0.15, 0.2) is 5.65 Å². The van der Waals surface area contributed by atoms with Gasteiger partial charge in [0.25, 0.3) is 5.91 Å². The molecule has 1 aliphatic rings. The molecular formula is C18H16N6OS. The Morgan fingerprint density at radius 1 is 1.27 bits per heavy atom. The van der Waals surface area contributed by atoms with Crippen LogP contribution < -0.4 is 5.32 Å². The minimum atomic E-state index is -0.287. The minimum absolute atomic E-state index is 0.175. The zero-order chi connectivity index (χ0) is 17.7. The molecule has 0 unspecified atom stereocenters. The lowest BCUT2D eigenvalue weighted by atomic mass is 10.2. The van der Waals surface area contributed by atoms with Gasteiger partial charge in [-0.1, -0.05) is 0 Å². The fraction of sp³-hybridized carbons (Fsp3) is 0.278.